The van der Waals surface area contributed by atoms with Crippen molar-refractivity contribution in [3.05, 3.63) is 77.5 Å². The summed E-state index contributed by atoms with van der Waals surface area (Å²) in [5.74, 6) is 3.73. The molecule has 2 aromatic carbocycles. The maximum Gasteiger partial charge on any atom is 0.219 e. The number of fused-ring (bicyclic) bond motifs is 1. The first-order valence-electron chi connectivity index (χ1n) is 10.7. The van der Waals surface area contributed by atoms with Crippen molar-refractivity contribution >= 4 is 29.9 Å². The molecule has 1 aliphatic rings. The van der Waals surface area contributed by atoms with E-state index in [1.54, 1.807) is 20.4 Å². The number of benzene rings is 2. The molecule has 0 spiro atoms. The fourth-order valence-corrected chi connectivity index (χ4v) is 3.49. The molecule has 0 saturated carbocycles. The Morgan fingerprint density at radius 1 is 1.06 bits per heavy atom. The van der Waals surface area contributed by atoms with Crippen molar-refractivity contribution in [2.45, 2.75) is 19.4 Å². The summed E-state index contributed by atoms with van der Waals surface area (Å²) < 4.78 is 16.6. The number of methoxy groups -OCH3 is 1. The van der Waals surface area contributed by atoms with E-state index in [1.165, 1.54) is 11.1 Å². The molecule has 0 aliphatic carbocycles. The van der Waals surface area contributed by atoms with Crippen LogP contribution in [0.15, 0.2) is 65.8 Å². The zero-order valence-electron chi connectivity index (χ0n) is 18.8. The van der Waals surface area contributed by atoms with Crippen LogP contribution in [0.3, 0.4) is 0 Å². The summed E-state index contributed by atoms with van der Waals surface area (Å²) in [5.41, 5.74) is 3.63. The van der Waals surface area contributed by atoms with E-state index in [0.717, 1.165) is 49.0 Å². The molecule has 0 saturated heterocycles. The molecular weight excluding hydrogens is 531 g/mol. The minimum atomic E-state index is 0. The first-order valence-corrected chi connectivity index (χ1v) is 10.7. The van der Waals surface area contributed by atoms with E-state index in [1.807, 2.05) is 36.4 Å². The van der Waals surface area contributed by atoms with E-state index in [0.29, 0.717) is 18.2 Å². The Labute approximate surface area is 211 Å². The number of aliphatic imine (C=N–C) groups is 1. The monoisotopic (exact) mass is 560 g/mol. The van der Waals surface area contributed by atoms with Crippen LogP contribution in [-0.2, 0) is 19.4 Å². The average Bonchev–Trinajstić information content (AvgIpc) is 3.30. The molecule has 2 N–H and O–H groups in total. The second kappa shape index (κ2) is 12.3. The summed E-state index contributed by atoms with van der Waals surface area (Å²) in [7, 11) is 3.40. The van der Waals surface area contributed by atoms with Crippen LogP contribution in [0.2, 0.25) is 0 Å². The molecule has 2 heterocycles. The molecule has 1 aliphatic heterocycles. The Balaban J connectivity index is 0.00000306. The van der Waals surface area contributed by atoms with Gasteiger partial charge in [-0.3, -0.25) is 4.99 Å². The fraction of sp³-hybridized carbons (Fsp3) is 0.280. The Morgan fingerprint density at radius 3 is 2.70 bits per heavy atom. The van der Waals surface area contributed by atoms with Crippen molar-refractivity contribution < 1.29 is 14.2 Å². The fourth-order valence-electron chi connectivity index (χ4n) is 3.49. The molecule has 0 bridgehead atoms. The van der Waals surface area contributed by atoms with Gasteiger partial charge in [0.15, 0.2) is 5.96 Å². The van der Waals surface area contributed by atoms with Crippen LogP contribution < -0.4 is 24.8 Å². The number of guanidine groups is 1. The summed E-state index contributed by atoms with van der Waals surface area (Å²) in [6.45, 7) is 2.20. The van der Waals surface area contributed by atoms with Crippen LogP contribution in [0.4, 0.5) is 0 Å². The topological polar surface area (TPSA) is 77.0 Å². The van der Waals surface area contributed by atoms with Gasteiger partial charge < -0.3 is 24.8 Å². The minimum absolute atomic E-state index is 0. The standard InChI is InChI=1S/C25H28N4O3.HI/c1-26-25(27-12-10-18-6-8-23-20(14-18)11-13-31-23)29-17-19-7-9-24(28-16-19)32-22-5-3-4-21(15-22)30-2;/h3-9,14-16H,10-13,17H2,1-2H3,(H2,26,27,29);1H. The first kappa shape index (κ1) is 24.6. The smallest absolute Gasteiger partial charge is 0.219 e. The minimum Gasteiger partial charge on any atom is -0.497 e. The summed E-state index contributed by atoms with van der Waals surface area (Å²) in [6, 6.07) is 17.7. The Hall–Kier alpha value is -3.01. The van der Waals surface area contributed by atoms with Gasteiger partial charge in [0.05, 0.1) is 13.7 Å². The highest BCUT2D eigenvalue weighted by atomic mass is 127. The van der Waals surface area contributed by atoms with Crippen molar-refractivity contribution in [2.75, 3.05) is 27.3 Å². The lowest BCUT2D eigenvalue weighted by Gasteiger charge is -2.12. The quantitative estimate of drug-likeness (QED) is 0.243. The zero-order chi connectivity index (χ0) is 22.2. The van der Waals surface area contributed by atoms with Crippen LogP contribution in [0, 0.1) is 0 Å². The number of aromatic nitrogens is 1. The van der Waals surface area contributed by atoms with E-state index >= 15 is 0 Å². The Bertz CT molecular complexity index is 1070. The molecule has 0 unspecified atom stereocenters. The Morgan fingerprint density at radius 2 is 1.91 bits per heavy atom. The van der Waals surface area contributed by atoms with Gasteiger partial charge in [-0.15, -0.1) is 24.0 Å². The molecule has 174 valence electrons. The second-order valence-electron chi connectivity index (χ2n) is 7.43. The van der Waals surface area contributed by atoms with Gasteiger partial charge in [-0.2, -0.15) is 0 Å². The molecule has 0 fully saturated rings. The van der Waals surface area contributed by atoms with Crippen molar-refractivity contribution in [3.8, 4) is 23.1 Å². The number of hydrogen-bond donors (Lipinski definition) is 2. The van der Waals surface area contributed by atoms with E-state index in [9.17, 15) is 0 Å². The molecule has 7 nitrogen and oxygen atoms in total. The van der Waals surface area contributed by atoms with Gasteiger partial charge in [0, 0.05) is 44.9 Å². The molecule has 8 heteroatoms. The highest BCUT2D eigenvalue weighted by Gasteiger charge is 2.11. The third-order valence-electron chi connectivity index (χ3n) is 5.20. The maximum absolute atomic E-state index is 5.79. The maximum atomic E-state index is 5.79. The van der Waals surface area contributed by atoms with Crippen LogP contribution in [-0.4, -0.2) is 38.3 Å². The third-order valence-corrected chi connectivity index (χ3v) is 5.20. The molecule has 33 heavy (non-hydrogen) atoms. The summed E-state index contributed by atoms with van der Waals surface area (Å²) in [5, 5.41) is 6.68. The summed E-state index contributed by atoms with van der Waals surface area (Å²) in [6.07, 6.45) is 3.71. The predicted octanol–water partition coefficient (Wildman–Crippen LogP) is 4.34. The highest BCUT2D eigenvalue weighted by molar-refractivity contribution is 14.0. The normalized spacial score (nSPS) is 12.2. The largest absolute Gasteiger partial charge is 0.497 e. The number of nitrogens with one attached hydrogen (secondary N) is 2. The predicted molar refractivity (Wildman–Crippen MR) is 140 cm³/mol. The van der Waals surface area contributed by atoms with Crippen molar-refractivity contribution in [3.63, 3.8) is 0 Å². The first-order chi connectivity index (χ1) is 15.7. The number of nitrogens with zero attached hydrogens (tertiary/aromatic N) is 2. The van der Waals surface area contributed by atoms with Crippen LogP contribution >= 0.6 is 24.0 Å². The molecule has 3 aromatic rings. The number of rotatable bonds is 8. The van der Waals surface area contributed by atoms with E-state index in [2.05, 4.69) is 38.8 Å². The van der Waals surface area contributed by atoms with E-state index in [-0.39, 0.29) is 24.0 Å². The number of halogens is 1. The van der Waals surface area contributed by atoms with Gasteiger partial charge in [-0.1, -0.05) is 24.3 Å². The van der Waals surface area contributed by atoms with Crippen LogP contribution in [0.5, 0.6) is 23.1 Å². The van der Waals surface area contributed by atoms with Crippen molar-refractivity contribution in [2.24, 2.45) is 4.99 Å². The Kier molecular flexibility index (Phi) is 9.17. The molecule has 4 rings (SSSR count). The molecule has 0 radical (unpaired) electrons. The van der Waals surface area contributed by atoms with Gasteiger partial charge in [0.25, 0.3) is 0 Å². The molecular formula is C25H29IN4O3. The third kappa shape index (κ3) is 6.98. The van der Waals surface area contributed by atoms with Gasteiger partial charge >= 0.3 is 0 Å². The van der Waals surface area contributed by atoms with Gasteiger partial charge in [0.1, 0.15) is 17.2 Å². The van der Waals surface area contributed by atoms with Gasteiger partial charge in [-0.25, -0.2) is 4.98 Å². The van der Waals surface area contributed by atoms with Crippen molar-refractivity contribution in [1.82, 2.24) is 15.6 Å². The SMILES string of the molecule is CN=C(NCCc1ccc2c(c1)CCO2)NCc1ccc(Oc2cccc(OC)c2)nc1.I. The lowest BCUT2D eigenvalue weighted by Crippen LogP contribution is -2.37. The average molecular weight is 560 g/mol. The summed E-state index contributed by atoms with van der Waals surface area (Å²) in [4.78, 5) is 8.69. The molecule has 0 atom stereocenters. The number of hydrogen-bond acceptors (Lipinski definition) is 5. The van der Waals surface area contributed by atoms with Gasteiger partial charge in [-0.05, 0) is 41.3 Å². The lowest BCUT2D eigenvalue weighted by molar-refractivity contribution is 0.357. The van der Waals surface area contributed by atoms with Crippen LogP contribution in [0.25, 0.3) is 0 Å². The molecule has 1 aromatic heterocycles. The second-order valence-corrected chi connectivity index (χ2v) is 7.43. The van der Waals surface area contributed by atoms with Crippen molar-refractivity contribution in [1.29, 1.82) is 0 Å². The highest BCUT2D eigenvalue weighted by Crippen LogP contribution is 2.26. The van der Waals surface area contributed by atoms with Gasteiger partial charge in [0.2, 0.25) is 5.88 Å². The number of pyridine rings is 1. The summed E-state index contributed by atoms with van der Waals surface area (Å²) >= 11 is 0. The zero-order valence-corrected chi connectivity index (χ0v) is 21.2. The number of ether oxygens (including phenoxy) is 3. The van der Waals surface area contributed by atoms with E-state index < -0.39 is 0 Å². The van der Waals surface area contributed by atoms with E-state index in [4.69, 9.17) is 14.2 Å². The lowest BCUT2D eigenvalue weighted by atomic mass is 10.1. The van der Waals surface area contributed by atoms with Crippen LogP contribution in [0.1, 0.15) is 16.7 Å². The molecule has 0 amide bonds.